The summed E-state index contributed by atoms with van der Waals surface area (Å²) in [7, 11) is 0. The molecule has 0 aromatic heterocycles. The second-order valence-corrected chi connectivity index (χ2v) is 3.34. The van der Waals surface area contributed by atoms with Crippen LogP contribution in [0.4, 0.5) is 0 Å². The van der Waals surface area contributed by atoms with Crippen molar-refractivity contribution in [2.24, 2.45) is 5.92 Å². The summed E-state index contributed by atoms with van der Waals surface area (Å²) in [4.78, 5) is 0. The lowest BCUT2D eigenvalue weighted by molar-refractivity contribution is 0.0358. The summed E-state index contributed by atoms with van der Waals surface area (Å²) in [5.74, 6) is 0.331. The van der Waals surface area contributed by atoms with Crippen molar-refractivity contribution in [3.8, 4) is 0 Å². The van der Waals surface area contributed by atoms with E-state index in [0.29, 0.717) is 5.92 Å². The van der Waals surface area contributed by atoms with Crippen LogP contribution < -0.4 is 0 Å². The quantitative estimate of drug-likeness (QED) is 0.490. The van der Waals surface area contributed by atoms with E-state index >= 15 is 0 Å². The molecule has 0 fully saturated rings. The molecular weight excluding hydrogens is 112 g/mol. The molecule has 0 spiro atoms. The van der Waals surface area contributed by atoms with Crippen molar-refractivity contribution in [3.63, 3.8) is 0 Å². The molecule has 0 aromatic rings. The third kappa shape index (κ3) is 1.16. The molecule has 52 valence electrons. The van der Waals surface area contributed by atoms with E-state index in [4.69, 9.17) is 0 Å². The largest absolute Gasteiger partial charge is 0.389 e. The first-order chi connectivity index (χ1) is 4.02. The minimum atomic E-state index is -0.468. The van der Waals surface area contributed by atoms with E-state index in [0.717, 1.165) is 6.42 Å². The number of rotatable bonds is 0. The van der Waals surface area contributed by atoms with Crippen molar-refractivity contribution in [1.29, 1.82) is 0 Å². The van der Waals surface area contributed by atoms with E-state index in [9.17, 15) is 5.11 Å². The second kappa shape index (κ2) is 1.84. The Bertz CT molecular complexity index is 145. The maximum Gasteiger partial charge on any atom is 0.0716 e. The lowest BCUT2D eigenvalue weighted by Gasteiger charge is -2.21. The van der Waals surface area contributed by atoms with E-state index < -0.39 is 5.60 Å². The standard InChI is InChI=1S/C8H14O/c1-6-4-7(2)8(3,9)5-6/h4,7,9H,5H2,1-3H3. The fourth-order valence-electron chi connectivity index (χ4n) is 1.39. The Labute approximate surface area is 56.4 Å². The Balaban J connectivity index is 2.71. The van der Waals surface area contributed by atoms with Gasteiger partial charge in [-0.05, 0) is 20.3 Å². The summed E-state index contributed by atoms with van der Waals surface area (Å²) in [6.07, 6.45) is 2.98. The lowest BCUT2D eigenvalue weighted by atomic mass is 9.94. The average Bonchev–Trinajstić information content (AvgIpc) is 1.79. The molecule has 0 aliphatic heterocycles. The Hall–Kier alpha value is -0.300. The van der Waals surface area contributed by atoms with Crippen LogP contribution in [0.3, 0.4) is 0 Å². The summed E-state index contributed by atoms with van der Waals surface area (Å²) in [6, 6.07) is 0. The molecule has 0 amide bonds. The topological polar surface area (TPSA) is 20.2 Å². The molecule has 1 aliphatic rings. The number of hydrogen-bond donors (Lipinski definition) is 1. The zero-order valence-electron chi connectivity index (χ0n) is 6.31. The van der Waals surface area contributed by atoms with Crippen LogP contribution in [0.25, 0.3) is 0 Å². The first-order valence-electron chi connectivity index (χ1n) is 3.42. The molecule has 1 rings (SSSR count). The van der Waals surface area contributed by atoms with Crippen LogP contribution in [0.1, 0.15) is 27.2 Å². The summed E-state index contributed by atoms with van der Waals surface area (Å²) >= 11 is 0. The maximum absolute atomic E-state index is 9.58. The van der Waals surface area contributed by atoms with Crippen molar-refractivity contribution in [1.82, 2.24) is 0 Å². The maximum atomic E-state index is 9.58. The van der Waals surface area contributed by atoms with Crippen molar-refractivity contribution in [2.75, 3.05) is 0 Å². The smallest absolute Gasteiger partial charge is 0.0716 e. The molecule has 0 aromatic carbocycles. The van der Waals surface area contributed by atoms with Gasteiger partial charge in [-0.3, -0.25) is 0 Å². The number of aliphatic hydroxyl groups is 1. The van der Waals surface area contributed by atoms with Gasteiger partial charge < -0.3 is 5.11 Å². The molecular formula is C8H14O. The van der Waals surface area contributed by atoms with Crippen molar-refractivity contribution in [3.05, 3.63) is 11.6 Å². The first-order valence-corrected chi connectivity index (χ1v) is 3.42. The van der Waals surface area contributed by atoms with Gasteiger partial charge in [-0.1, -0.05) is 18.6 Å². The predicted molar refractivity (Wildman–Crippen MR) is 38.2 cm³/mol. The SMILES string of the molecule is CC1=CC(C)C(C)(O)C1. The van der Waals surface area contributed by atoms with Gasteiger partial charge in [-0.25, -0.2) is 0 Å². The summed E-state index contributed by atoms with van der Waals surface area (Å²) in [5.41, 5.74) is 0.844. The highest BCUT2D eigenvalue weighted by Crippen LogP contribution is 2.33. The Kier molecular flexibility index (Phi) is 1.39. The van der Waals surface area contributed by atoms with Crippen LogP contribution in [0.15, 0.2) is 11.6 Å². The van der Waals surface area contributed by atoms with Crippen LogP contribution in [0, 0.1) is 5.92 Å². The molecule has 0 bridgehead atoms. The average molecular weight is 126 g/mol. The van der Waals surface area contributed by atoms with Gasteiger partial charge >= 0.3 is 0 Å². The van der Waals surface area contributed by atoms with Gasteiger partial charge in [-0.15, -0.1) is 0 Å². The molecule has 1 N–H and O–H groups in total. The van der Waals surface area contributed by atoms with Gasteiger partial charge in [0, 0.05) is 5.92 Å². The van der Waals surface area contributed by atoms with Crippen LogP contribution in [-0.4, -0.2) is 10.7 Å². The molecule has 1 heteroatoms. The third-order valence-electron chi connectivity index (χ3n) is 2.15. The first kappa shape index (κ1) is 6.81. The van der Waals surface area contributed by atoms with E-state index in [-0.39, 0.29) is 0 Å². The van der Waals surface area contributed by atoms with Gasteiger partial charge in [0.2, 0.25) is 0 Å². The molecule has 0 heterocycles. The Morgan fingerprint density at radius 1 is 1.78 bits per heavy atom. The number of hydrogen-bond acceptors (Lipinski definition) is 1. The minimum absolute atomic E-state index is 0.331. The normalized spacial score (nSPS) is 43.1. The molecule has 1 nitrogen and oxygen atoms in total. The van der Waals surface area contributed by atoms with Crippen molar-refractivity contribution < 1.29 is 5.11 Å². The van der Waals surface area contributed by atoms with Crippen LogP contribution >= 0.6 is 0 Å². The summed E-state index contributed by atoms with van der Waals surface area (Å²) in [6.45, 7) is 6.01. The zero-order chi connectivity index (χ0) is 7.07. The van der Waals surface area contributed by atoms with Crippen molar-refractivity contribution >= 4 is 0 Å². The molecule has 1 aliphatic carbocycles. The summed E-state index contributed by atoms with van der Waals surface area (Å²) in [5, 5.41) is 9.58. The van der Waals surface area contributed by atoms with Gasteiger partial charge in [0.1, 0.15) is 0 Å². The second-order valence-electron chi connectivity index (χ2n) is 3.34. The highest BCUT2D eigenvalue weighted by Gasteiger charge is 2.31. The molecule has 0 radical (unpaired) electrons. The van der Waals surface area contributed by atoms with E-state index in [2.05, 4.69) is 19.9 Å². The fraction of sp³-hybridized carbons (Fsp3) is 0.750. The van der Waals surface area contributed by atoms with Gasteiger partial charge in [0.15, 0.2) is 0 Å². The third-order valence-corrected chi connectivity index (χ3v) is 2.15. The molecule has 2 atom stereocenters. The molecule has 9 heavy (non-hydrogen) atoms. The molecule has 2 unspecified atom stereocenters. The van der Waals surface area contributed by atoms with E-state index in [1.54, 1.807) is 0 Å². The van der Waals surface area contributed by atoms with Crippen molar-refractivity contribution in [2.45, 2.75) is 32.8 Å². The highest BCUT2D eigenvalue weighted by atomic mass is 16.3. The van der Waals surface area contributed by atoms with Gasteiger partial charge in [0.25, 0.3) is 0 Å². The lowest BCUT2D eigenvalue weighted by Crippen LogP contribution is -2.27. The van der Waals surface area contributed by atoms with Gasteiger partial charge in [0.05, 0.1) is 5.60 Å². The minimum Gasteiger partial charge on any atom is -0.389 e. The van der Waals surface area contributed by atoms with Crippen LogP contribution in [0.2, 0.25) is 0 Å². The molecule has 0 saturated heterocycles. The molecule has 0 saturated carbocycles. The van der Waals surface area contributed by atoms with Crippen LogP contribution in [-0.2, 0) is 0 Å². The Morgan fingerprint density at radius 3 is 2.44 bits per heavy atom. The monoisotopic (exact) mass is 126 g/mol. The Morgan fingerprint density at radius 2 is 2.33 bits per heavy atom. The zero-order valence-corrected chi connectivity index (χ0v) is 6.31. The van der Waals surface area contributed by atoms with Crippen LogP contribution in [0.5, 0.6) is 0 Å². The van der Waals surface area contributed by atoms with E-state index in [1.165, 1.54) is 5.57 Å². The van der Waals surface area contributed by atoms with Gasteiger partial charge in [-0.2, -0.15) is 0 Å². The predicted octanol–water partition coefficient (Wildman–Crippen LogP) is 1.72. The fourth-order valence-corrected chi connectivity index (χ4v) is 1.39. The highest BCUT2D eigenvalue weighted by molar-refractivity contribution is 5.15. The summed E-state index contributed by atoms with van der Waals surface area (Å²) < 4.78 is 0. The van der Waals surface area contributed by atoms with E-state index in [1.807, 2.05) is 6.92 Å².